The summed E-state index contributed by atoms with van der Waals surface area (Å²) in [6.45, 7) is 7.63. The summed E-state index contributed by atoms with van der Waals surface area (Å²) in [4.78, 5) is 4.60. The molecule has 0 fully saturated rings. The van der Waals surface area contributed by atoms with E-state index in [-0.39, 0.29) is 0 Å². The summed E-state index contributed by atoms with van der Waals surface area (Å²) in [6, 6.07) is 6.46. The molecule has 0 aliphatic carbocycles. The average molecular weight is 374 g/mol. The van der Waals surface area contributed by atoms with Gasteiger partial charge in [-0.3, -0.25) is 4.99 Å². The Morgan fingerprint density at radius 2 is 2.28 bits per heavy atom. The second kappa shape index (κ2) is 6.28. The van der Waals surface area contributed by atoms with Crippen molar-refractivity contribution in [2.45, 2.75) is 32.4 Å². The summed E-state index contributed by atoms with van der Waals surface area (Å²) in [5, 5.41) is 5.18. The predicted octanol–water partition coefficient (Wildman–Crippen LogP) is 4.53. The molecule has 2 rings (SSSR count). The molecule has 1 aromatic rings. The number of thioether (sulfide) groups is 1. The van der Waals surface area contributed by atoms with Gasteiger partial charge in [-0.2, -0.15) is 0 Å². The molecule has 0 spiro atoms. The van der Waals surface area contributed by atoms with E-state index < -0.39 is 0 Å². The number of aryl methyl sites for hydroxylation is 1. The number of hydrogen-bond donors (Lipinski definition) is 1. The summed E-state index contributed by atoms with van der Waals surface area (Å²) < 4.78 is 1.25. The molecule has 2 nitrogen and oxygen atoms in total. The number of amidine groups is 1. The van der Waals surface area contributed by atoms with Crippen molar-refractivity contribution in [3.8, 4) is 0 Å². The summed E-state index contributed by atoms with van der Waals surface area (Å²) in [5.41, 5.74) is 2.45. The first kappa shape index (κ1) is 14.2. The van der Waals surface area contributed by atoms with Crippen LogP contribution in [0.15, 0.2) is 23.2 Å². The molecule has 1 N–H and O–H groups in total. The predicted molar refractivity (Wildman–Crippen MR) is 90.7 cm³/mol. The van der Waals surface area contributed by atoms with Gasteiger partial charge in [0, 0.05) is 14.5 Å². The lowest BCUT2D eigenvalue weighted by Gasteiger charge is -2.12. The Bertz CT molecular complexity index is 457. The Morgan fingerprint density at radius 1 is 1.50 bits per heavy atom. The minimum atomic E-state index is 0.649. The first-order chi connectivity index (χ1) is 8.54. The lowest BCUT2D eigenvalue weighted by Crippen LogP contribution is -2.10. The van der Waals surface area contributed by atoms with Crippen molar-refractivity contribution in [2.24, 2.45) is 10.9 Å². The molecule has 1 unspecified atom stereocenters. The second-order valence-corrected chi connectivity index (χ2v) is 7.63. The van der Waals surface area contributed by atoms with Gasteiger partial charge in [0.1, 0.15) is 0 Å². The van der Waals surface area contributed by atoms with Crippen LogP contribution in [0.1, 0.15) is 25.8 Å². The number of halogens is 1. The molecule has 4 heteroatoms. The molecule has 1 aromatic carbocycles. The summed E-state index contributed by atoms with van der Waals surface area (Å²) in [7, 11) is 0. The van der Waals surface area contributed by atoms with Crippen LogP contribution in [0.4, 0.5) is 5.69 Å². The lowest BCUT2D eigenvalue weighted by molar-refractivity contribution is 0.575. The van der Waals surface area contributed by atoms with Crippen LogP contribution >= 0.6 is 34.4 Å². The third-order valence-electron chi connectivity index (χ3n) is 2.89. The molecule has 1 atom stereocenters. The third kappa shape index (κ3) is 3.88. The normalized spacial score (nSPS) is 19.2. The molecule has 0 radical (unpaired) electrons. The van der Waals surface area contributed by atoms with Gasteiger partial charge in [0.05, 0.1) is 6.54 Å². The Hall–Kier alpha value is -0.230. The van der Waals surface area contributed by atoms with Crippen LogP contribution < -0.4 is 5.32 Å². The van der Waals surface area contributed by atoms with E-state index in [0.29, 0.717) is 5.25 Å². The summed E-state index contributed by atoms with van der Waals surface area (Å²) >= 11 is 4.23. The van der Waals surface area contributed by atoms with Gasteiger partial charge >= 0.3 is 0 Å². The number of hydrogen-bond acceptors (Lipinski definition) is 3. The molecule has 1 aliphatic heterocycles. The highest BCUT2D eigenvalue weighted by Crippen LogP contribution is 2.28. The third-order valence-corrected chi connectivity index (χ3v) is 4.69. The molecule has 0 aromatic heterocycles. The van der Waals surface area contributed by atoms with Crippen LogP contribution in [-0.2, 0) is 0 Å². The quantitative estimate of drug-likeness (QED) is 0.787. The van der Waals surface area contributed by atoms with Crippen molar-refractivity contribution in [2.75, 3.05) is 11.9 Å². The Labute approximate surface area is 127 Å². The van der Waals surface area contributed by atoms with Crippen LogP contribution in [0.2, 0.25) is 0 Å². The molecule has 98 valence electrons. The number of anilines is 1. The molecule has 0 bridgehead atoms. The van der Waals surface area contributed by atoms with Crippen molar-refractivity contribution in [1.82, 2.24) is 0 Å². The number of rotatable bonds is 3. The van der Waals surface area contributed by atoms with Crippen molar-refractivity contribution >= 4 is 45.2 Å². The van der Waals surface area contributed by atoms with E-state index in [4.69, 9.17) is 0 Å². The molecule has 1 heterocycles. The molecule has 18 heavy (non-hydrogen) atoms. The van der Waals surface area contributed by atoms with E-state index in [1.54, 1.807) is 0 Å². The average Bonchev–Trinajstić information content (AvgIpc) is 2.70. The maximum atomic E-state index is 4.60. The topological polar surface area (TPSA) is 24.4 Å². The van der Waals surface area contributed by atoms with Crippen LogP contribution in [-0.4, -0.2) is 17.0 Å². The van der Waals surface area contributed by atoms with Gasteiger partial charge in [-0.15, -0.1) is 0 Å². The first-order valence-corrected chi connectivity index (χ1v) is 8.24. The molecular formula is C14H19IN2S. The van der Waals surface area contributed by atoms with Crippen LogP contribution in [0.25, 0.3) is 0 Å². The number of aliphatic imine (C=N–C) groups is 1. The standard InChI is InChI=1S/C14H19IN2S/c1-9(2)6-12-8-16-14(18-12)17-13-7-11(15)5-4-10(13)3/h4-5,7,9,12H,6,8H2,1-3H3,(H,16,17). The molecule has 1 aliphatic rings. The minimum Gasteiger partial charge on any atom is -0.335 e. The monoisotopic (exact) mass is 374 g/mol. The van der Waals surface area contributed by atoms with E-state index in [9.17, 15) is 0 Å². The first-order valence-electron chi connectivity index (χ1n) is 6.29. The van der Waals surface area contributed by atoms with Crippen molar-refractivity contribution < 1.29 is 0 Å². The fourth-order valence-corrected chi connectivity index (χ4v) is 3.73. The summed E-state index contributed by atoms with van der Waals surface area (Å²) in [6.07, 6.45) is 1.24. The fraction of sp³-hybridized carbons (Fsp3) is 0.500. The minimum absolute atomic E-state index is 0.649. The van der Waals surface area contributed by atoms with Gasteiger partial charge in [0.2, 0.25) is 0 Å². The highest BCUT2D eigenvalue weighted by Gasteiger charge is 2.20. The van der Waals surface area contributed by atoms with E-state index in [1.807, 2.05) is 11.8 Å². The zero-order valence-corrected chi connectivity index (χ0v) is 14.0. The van der Waals surface area contributed by atoms with Gasteiger partial charge in [0.15, 0.2) is 5.17 Å². The zero-order chi connectivity index (χ0) is 13.1. The highest BCUT2D eigenvalue weighted by atomic mass is 127. The Balaban J connectivity index is 1.97. The molecular weight excluding hydrogens is 355 g/mol. The maximum absolute atomic E-state index is 4.60. The van der Waals surface area contributed by atoms with Crippen molar-refractivity contribution in [3.63, 3.8) is 0 Å². The molecule has 0 saturated carbocycles. The van der Waals surface area contributed by atoms with E-state index in [1.165, 1.54) is 21.2 Å². The van der Waals surface area contributed by atoms with Gasteiger partial charge in [-0.05, 0) is 59.5 Å². The van der Waals surface area contributed by atoms with Gasteiger partial charge in [-0.25, -0.2) is 0 Å². The van der Waals surface area contributed by atoms with Gasteiger partial charge < -0.3 is 5.32 Å². The summed E-state index contributed by atoms with van der Waals surface area (Å²) in [5.74, 6) is 0.747. The van der Waals surface area contributed by atoms with E-state index in [2.05, 4.69) is 71.9 Å². The highest BCUT2D eigenvalue weighted by molar-refractivity contribution is 14.1. The van der Waals surface area contributed by atoms with Crippen molar-refractivity contribution in [1.29, 1.82) is 0 Å². The molecule has 0 saturated heterocycles. The zero-order valence-electron chi connectivity index (χ0n) is 11.0. The van der Waals surface area contributed by atoms with Crippen LogP contribution in [0.3, 0.4) is 0 Å². The van der Waals surface area contributed by atoms with E-state index in [0.717, 1.165) is 17.6 Å². The number of nitrogens with one attached hydrogen (secondary N) is 1. The van der Waals surface area contributed by atoms with Gasteiger partial charge in [-0.1, -0.05) is 31.7 Å². The fourth-order valence-electron chi connectivity index (χ4n) is 1.98. The Morgan fingerprint density at radius 3 is 3.00 bits per heavy atom. The van der Waals surface area contributed by atoms with E-state index >= 15 is 0 Å². The van der Waals surface area contributed by atoms with Crippen LogP contribution in [0.5, 0.6) is 0 Å². The maximum Gasteiger partial charge on any atom is 0.161 e. The Kier molecular flexibility index (Phi) is 4.95. The SMILES string of the molecule is Cc1ccc(I)cc1NC1=NCC(CC(C)C)S1. The van der Waals surface area contributed by atoms with Crippen molar-refractivity contribution in [3.05, 3.63) is 27.3 Å². The number of nitrogens with zero attached hydrogens (tertiary/aromatic N) is 1. The van der Waals surface area contributed by atoms with Crippen LogP contribution in [0, 0.1) is 16.4 Å². The molecule has 0 amide bonds. The van der Waals surface area contributed by atoms with Gasteiger partial charge in [0.25, 0.3) is 0 Å². The second-order valence-electron chi connectivity index (χ2n) is 5.10. The number of benzene rings is 1. The largest absolute Gasteiger partial charge is 0.335 e. The lowest BCUT2D eigenvalue weighted by atomic mass is 10.1. The smallest absolute Gasteiger partial charge is 0.161 e.